The average Bonchev–Trinajstić information content (AvgIpc) is 3.18. The number of imidazole rings is 1. The van der Waals surface area contributed by atoms with Gasteiger partial charge in [0, 0.05) is 37.9 Å². The number of rotatable bonds is 6. The molecule has 0 radical (unpaired) electrons. The fraction of sp³-hybridized carbons (Fsp3) is 0.407. The highest BCUT2D eigenvalue weighted by Crippen LogP contribution is 2.25. The van der Waals surface area contributed by atoms with Crippen LogP contribution in [0.15, 0.2) is 65.5 Å². The number of hydrogen-bond acceptors (Lipinski definition) is 4. The number of amides is 1. The predicted octanol–water partition coefficient (Wildman–Crippen LogP) is 4.22. The number of nitrogens with one attached hydrogen (secondary N) is 1. The first-order valence-electron chi connectivity index (χ1n) is 12.3. The highest BCUT2D eigenvalue weighted by Gasteiger charge is 2.25. The fourth-order valence-electron chi connectivity index (χ4n) is 5.01. The molecule has 1 aliphatic heterocycles. The van der Waals surface area contributed by atoms with Crippen molar-refractivity contribution in [1.29, 1.82) is 0 Å². The van der Waals surface area contributed by atoms with E-state index in [9.17, 15) is 9.59 Å². The van der Waals surface area contributed by atoms with Crippen molar-refractivity contribution in [2.75, 3.05) is 19.6 Å². The van der Waals surface area contributed by atoms with Gasteiger partial charge in [-0.1, -0.05) is 48.5 Å². The molecule has 3 aromatic rings. The number of fused-ring (bicyclic) bond motifs is 1. The summed E-state index contributed by atoms with van der Waals surface area (Å²) in [6.45, 7) is 2.79. The Labute approximate surface area is 199 Å². The number of carbonyl (C=O) groups excluding carboxylic acids is 1. The second-order valence-corrected chi connectivity index (χ2v) is 9.13. The Bertz CT molecular complexity index is 1230. The van der Waals surface area contributed by atoms with E-state index in [-0.39, 0.29) is 24.4 Å². The molecular weight excluding hydrogens is 428 g/mol. The summed E-state index contributed by atoms with van der Waals surface area (Å²) in [5.41, 5.74) is 4.07. The second-order valence-electron chi connectivity index (χ2n) is 9.13. The molecule has 1 N–H and O–H groups in total. The molecule has 2 aliphatic rings. The first-order valence-corrected chi connectivity index (χ1v) is 12.3. The van der Waals surface area contributed by atoms with Crippen molar-refractivity contribution in [1.82, 2.24) is 19.4 Å². The zero-order valence-electron chi connectivity index (χ0n) is 19.5. The maximum Gasteiger partial charge on any atom is 0.410 e. The number of benzene rings is 2. The number of carbonyl (C=O) groups is 1. The Hall–Kier alpha value is -3.32. The number of para-hydroxylation sites is 2. The molecule has 1 fully saturated rings. The molecule has 0 spiro atoms. The maximum atomic E-state index is 13.4. The van der Waals surface area contributed by atoms with Gasteiger partial charge in [-0.3, -0.25) is 9.13 Å². The van der Waals surface area contributed by atoms with Crippen molar-refractivity contribution in [3.63, 3.8) is 0 Å². The third-order valence-electron chi connectivity index (χ3n) is 6.81. The Balaban J connectivity index is 1.25. The summed E-state index contributed by atoms with van der Waals surface area (Å²) in [5.74, 6) is 0. The molecular formula is C27H32N4O3. The molecule has 2 heterocycles. The lowest BCUT2D eigenvalue weighted by molar-refractivity contribution is 0.0838. The third-order valence-corrected chi connectivity index (χ3v) is 6.81. The zero-order valence-corrected chi connectivity index (χ0v) is 19.5. The van der Waals surface area contributed by atoms with E-state index in [4.69, 9.17) is 4.74 Å². The van der Waals surface area contributed by atoms with Gasteiger partial charge < -0.3 is 15.0 Å². The van der Waals surface area contributed by atoms with E-state index >= 15 is 0 Å². The Kier molecular flexibility index (Phi) is 6.81. The van der Waals surface area contributed by atoms with Gasteiger partial charge in [-0.05, 0) is 49.8 Å². The molecule has 34 heavy (non-hydrogen) atoms. The summed E-state index contributed by atoms with van der Waals surface area (Å²) in [6, 6.07) is 17.9. The Morgan fingerprint density at radius 3 is 2.62 bits per heavy atom. The minimum absolute atomic E-state index is 0.0317. The van der Waals surface area contributed by atoms with Gasteiger partial charge in [0.25, 0.3) is 0 Å². The molecule has 7 nitrogen and oxygen atoms in total. The maximum absolute atomic E-state index is 13.4. The Morgan fingerprint density at radius 2 is 1.82 bits per heavy atom. The SMILES string of the molecule is O=C(OCc1ccccc1)N1CCN[C@H](CCn2c(=O)n(C3=CCCCC3)c3ccccc32)C1. The largest absolute Gasteiger partial charge is 0.445 e. The van der Waals surface area contributed by atoms with Crippen LogP contribution >= 0.6 is 0 Å². The summed E-state index contributed by atoms with van der Waals surface area (Å²) in [5, 5.41) is 3.50. The second kappa shape index (κ2) is 10.3. The predicted molar refractivity (Wildman–Crippen MR) is 134 cm³/mol. The third kappa shape index (κ3) is 4.80. The summed E-state index contributed by atoms with van der Waals surface area (Å²) >= 11 is 0. The first-order chi connectivity index (χ1) is 16.7. The van der Waals surface area contributed by atoms with Crippen molar-refractivity contribution in [3.8, 4) is 0 Å². The van der Waals surface area contributed by atoms with Gasteiger partial charge in [-0.25, -0.2) is 9.59 Å². The van der Waals surface area contributed by atoms with Crippen LogP contribution in [0.2, 0.25) is 0 Å². The number of piperazine rings is 1. The van der Waals surface area contributed by atoms with Gasteiger partial charge in [0.1, 0.15) is 6.61 Å². The number of nitrogens with zero attached hydrogens (tertiary/aromatic N) is 3. The minimum Gasteiger partial charge on any atom is -0.445 e. The molecule has 7 heteroatoms. The molecule has 2 aromatic carbocycles. The van der Waals surface area contributed by atoms with Crippen LogP contribution in [-0.2, 0) is 17.9 Å². The highest BCUT2D eigenvalue weighted by molar-refractivity contribution is 5.80. The zero-order chi connectivity index (χ0) is 23.3. The van der Waals surface area contributed by atoms with Crippen LogP contribution in [0.25, 0.3) is 16.7 Å². The number of hydrogen-bond donors (Lipinski definition) is 1. The van der Waals surface area contributed by atoms with Gasteiger partial charge in [0.2, 0.25) is 0 Å². The van der Waals surface area contributed by atoms with Crippen LogP contribution in [-0.4, -0.2) is 45.8 Å². The van der Waals surface area contributed by atoms with Crippen LogP contribution in [0, 0.1) is 0 Å². The number of aryl methyl sites for hydroxylation is 1. The van der Waals surface area contributed by atoms with Gasteiger partial charge in [0.15, 0.2) is 0 Å². The molecule has 5 rings (SSSR count). The topological polar surface area (TPSA) is 68.5 Å². The van der Waals surface area contributed by atoms with Gasteiger partial charge in [-0.15, -0.1) is 0 Å². The summed E-state index contributed by atoms with van der Waals surface area (Å²) < 4.78 is 9.31. The summed E-state index contributed by atoms with van der Waals surface area (Å²) in [4.78, 5) is 27.8. The monoisotopic (exact) mass is 460 g/mol. The lowest BCUT2D eigenvalue weighted by Gasteiger charge is -2.33. The van der Waals surface area contributed by atoms with E-state index in [0.29, 0.717) is 26.2 Å². The molecule has 0 unspecified atom stereocenters. The molecule has 0 saturated carbocycles. The lowest BCUT2D eigenvalue weighted by Crippen LogP contribution is -2.53. The summed E-state index contributed by atoms with van der Waals surface area (Å²) in [7, 11) is 0. The normalized spacial score (nSPS) is 18.6. The molecule has 1 saturated heterocycles. The number of aromatic nitrogens is 2. The van der Waals surface area contributed by atoms with Crippen molar-refractivity contribution in [3.05, 3.63) is 76.7 Å². The molecule has 1 atom stereocenters. The van der Waals surface area contributed by atoms with Crippen molar-refractivity contribution >= 4 is 22.8 Å². The van der Waals surface area contributed by atoms with Crippen LogP contribution in [0.3, 0.4) is 0 Å². The molecule has 1 amide bonds. The standard InChI is InChI=1S/C27H32N4O3/c32-26-30(24-13-7-8-14-25(24)31(26)23-11-5-2-6-12-23)17-15-22-19-29(18-16-28-22)27(33)34-20-21-9-3-1-4-10-21/h1,3-4,7-11,13-14,22,28H,2,5-6,12,15-20H2/t22-/m1/s1. The van der Waals surface area contributed by atoms with Crippen LogP contribution in [0.1, 0.15) is 37.7 Å². The van der Waals surface area contributed by atoms with Gasteiger partial charge >= 0.3 is 11.8 Å². The van der Waals surface area contributed by atoms with Gasteiger partial charge in [-0.2, -0.15) is 0 Å². The fourth-order valence-corrected chi connectivity index (χ4v) is 5.01. The minimum atomic E-state index is -0.284. The van der Waals surface area contributed by atoms with Crippen LogP contribution in [0.4, 0.5) is 4.79 Å². The van der Waals surface area contributed by atoms with Gasteiger partial charge in [0.05, 0.1) is 11.0 Å². The Morgan fingerprint density at radius 1 is 1.03 bits per heavy atom. The molecule has 0 bridgehead atoms. The van der Waals surface area contributed by atoms with Crippen molar-refractivity contribution in [2.24, 2.45) is 0 Å². The smallest absolute Gasteiger partial charge is 0.410 e. The van der Waals surface area contributed by atoms with Crippen LogP contribution < -0.4 is 11.0 Å². The van der Waals surface area contributed by atoms with E-state index in [1.165, 1.54) is 6.42 Å². The molecule has 1 aliphatic carbocycles. The molecule has 1 aromatic heterocycles. The van der Waals surface area contributed by atoms with Crippen molar-refractivity contribution < 1.29 is 9.53 Å². The number of allylic oxidation sites excluding steroid dienone is 2. The van der Waals surface area contributed by atoms with E-state index in [1.807, 2.05) is 63.7 Å². The molecule has 178 valence electrons. The number of ether oxygens (including phenoxy) is 1. The summed E-state index contributed by atoms with van der Waals surface area (Å²) in [6.07, 6.45) is 6.97. The van der Waals surface area contributed by atoms with E-state index < -0.39 is 0 Å². The van der Waals surface area contributed by atoms with E-state index in [0.717, 1.165) is 48.0 Å². The quantitative estimate of drug-likeness (QED) is 0.598. The van der Waals surface area contributed by atoms with Crippen LogP contribution in [0.5, 0.6) is 0 Å². The van der Waals surface area contributed by atoms with E-state index in [2.05, 4.69) is 11.4 Å². The average molecular weight is 461 g/mol. The highest BCUT2D eigenvalue weighted by atomic mass is 16.6. The lowest BCUT2D eigenvalue weighted by atomic mass is 10.0. The van der Waals surface area contributed by atoms with Crippen molar-refractivity contribution in [2.45, 2.75) is 51.3 Å². The van der Waals surface area contributed by atoms with E-state index in [1.54, 1.807) is 4.90 Å². The first kappa shape index (κ1) is 22.5.